The highest BCUT2D eigenvalue weighted by atomic mass is 32.2. The summed E-state index contributed by atoms with van der Waals surface area (Å²) in [4.78, 5) is 48.9. The van der Waals surface area contributed by atoms with Crippen molar-refractivity contribution in [1.82, 2.24) is 15.1 Å². The summed E-state index contributed by atoms with van der Waals surface area (Å²) in [5.74, 6) is -1.13. The topological polar surface area (TPSA) is 69.7 Å². The highest BCUT2D eigenvalue weighted by Gasteiger charge is 2.58. The average molecular weight is 576 g/mol. The fourth-order valence-corrected chi connectivity index (χ4v) is 7.39. The maximum absolute atomic E-state index is 14.6. The van der Waals surface area contributed by atoms with E-state index in [1.165, 1.54) is 0 Å². The Hall–Kier alpha value is -2.94. The van der Waals surface area contributed by atoms with Crippen molar-refractivity contribution >= 4 is 40.7 Å². The van der Waals surface area contributed by atoms with E-state index in [9.17, 15) is 14.4 Å². The number of Topliss-reactive ketones (excluding diaryl/α,β-unsaturated/α-hetero) is 1. The summed E-state index contributed by atoms with van der Waals surface area (Å²) in [6.07, 6.45) is 2.33. The van der Waals surface area contributed by atoms with Gasteiger partial charge in [-0.2, -0.15) is 0 Å². The van der Waals surface area contributed by atoms with E-state index in [2.05, 4.69) is 5.32 Å². The Balaban J connectivity index is 1.70. The second-order valence-electron chi connectivity index (χ2n) is 10.9. The minimum Gasteiger partial charge on any atom is -0.338 e. The third-order valence-electron chi connectivity index (χ3n) is 7.92. The van der Waals surface area contributed by atoms with E-state index in [-0.39, 0.29) is 23.5 Å². The number of carbonyl (C=O) groups is 3. The van der Waals surface area contributed by atoms with Crippen LogP contribution < -0.4 is 5.32 Å². The van der Waals surface area contributed by atoms with Crippen LogP contribution in [0.15, 0.2) is 77.0 Å². The number of thioether (sulfide) groups is 1. The first kappa shape index (κ1) is 28.6. The normalized spacial score (nSPS) is 23.0. The number of ketones is 1. The zero-order chi connectivity index (χ0) is 28.2. The number of likely N-dealkylation sites (tertiary alicyclic amines) is 1. The highest BCUT2D eigenvalue weighted by molar-refractivity contribution is 7.98. The second-order valence-corrected chi connectivity index (χ2v) is 12.8. The zero-order valence-corrected chi connectivity index (χ0v) is 24.9. The van der Waals surface area contributed by atoms with Gasteiger partial charge in [-0.05, 0) is 41.3 Å². The van der Waals surface area contributed by atoms with Crippen LogP contribution in [0.3, 0.4) is 0 Å². The third-order valence-corrected chi connectivity index (χ3v) is 9.60. The van der Waals surface area contributed by atoms with Crippen molar-refractivity contribution in [3.8, 4) is 0 Å². The maximum atomic E-state index is 14.6. The Labute approximate surface area is 245 Å². The van der Waals surface area contributed by atoms with E-state index in [0.717, 1.165) is 15.3 Å². The number of carbonyl (C=O) groups excluding carboxylic acids is 3. The van der Waals surface area contributed by atoms with Crippen molar-refractivity contribution in [1.29, 1.82) is 0 Å². The molecule has 8 heteroatoms. The Kier molecular flexibility index (Phi) is 9.08. The van der Waals surface area contributed by atoms with E-state index < -0.39 is 23.9 Å². The molecule has 2 aliphatic heterocycles. The molecule has 2 amide bonds. The van der Waals surface area contributed by atoms with Gasteiger partial charge in [-0.3, -0.25) is 14.4 Å². The van der Waals surface area contributed by atoms with Gasteiger partial charge >= 0.3 is 0 Å². The highest BCUT2D eigenvalue weighted by Crippen LogP contribution is 2.53. The van der Waals surface area contributed by atoms with Crippen molar-refractivity contribution in [2.45, 2.75) is 43.2 Å². The summed E-state index contributed by atoms with van der Waals surface area (Å²) >= 11 is 3.17. The summed E-state index contributed by atoms with van der Waals surface area (Å²) in [6.45, 7) is 6.64. The van der Waals surface area contributed by atoms with Gasteiger partial charge in [-0.25, -0.2) is 0 Å². The first-order chi connectivity index (χ1) is 19.4. The fraction of sp³-hybridized carbons (Fsp3) is 0.406. The summed E-state index contributed by atoms with van der Waals surface area (Å²) in [7, 11) is 0. The molecule has 0 bridgehead atoms. The number of hydrogen-bond acceptors (Lipinski definition) is 6. The monoisotopic (exact) mass is 575 g/mol. The van der Waals surface area contributed by atoms with Crippen molar-refractivity contribution < 1.29 is 14.4 Å². The lowest BCUT2D eigenvalue weighted by Crippen LogP contribution is -2.55. The van der Waals surface area contributed by atoms with Gasteiger partial charge in [-0.15, -0.1) is 23.1 Å². The van der Waals surface area contributed by atoms with Crippen LogP contribution in [0.1, 0.15) is 53.0 Å². The molecule has 210 valence electrons. The first-order valence-corrected chi connectivity index (χ1v) is 16.1. The van der Waals surface area contributed by atoms with E-state index in [4.69, 9.17) is 0 Å². The number of rotatable bonds is 8. The molecule has 2 aromatic carbocycles. The van der Waals surface area contributed by atoms with Crippen LogP contribution in [-0.4, -0.2) is 65.9 Å². The maximum Gasteiger partial charge on any atom is 0.246 e. The van der Waals surface area contributed by atoms with Gasteiger partial charge < -0.3 is 15.1 Å². The van der Waals surface area contributed by atoms with Crippen molar-refractivity contribution in [2.24, 2.45) is 11.8 Å². The molecule has 4 unspecified atom stereocenters. The minimum absolute atomic E-state index is 0.0298. The Morgan fingerprint density at radius 1 is 0.975 bits per heavy atom. The summed E-state index contributed by atoms with van der Waals surface area (Å²) in [5, 5.41) is 5.31. The van der Waals surface area contributed by atoms with Crippen LogP contribution in [0.4, 0.5) is 0 Å². The third kappa shape index (κ3) is 5.76. The van der Waals surface area contributed by atoms with E-state index in [1.54, 1.807) is 28.0 Å². The number of piperazine rings is 1. The van der Waals surface area contributed by atoms with Crippen LogP contribution in [-0.2, 0) is 9.59 Å². The van der Waals surface area contributed by atoms with Gasteiger partial charge in [0.1, 0.15) is 6.04 Å². The molecule has 6 nitrogen and oxygen atoms in total. The molecular formula is C32H37N3O3S2. The predicted octanol–water partition coefficient (Wildman–Crippen LogP) is 5.48. The molecule has 1 aromatic heterocycles. The van der Waals surface area contributed by atoms with Crippen molar-refractivity contribution in [3.05, 3.63) is 88.1 Å². The van der Waals surface area contributed by atoms with Crippen LogP contribution in [0.5, 0.6) is 0 Å². The lowest BCUT2D eigenvalue weighted by atomic mass is 9.77. The molecule has 4 atom stereocenters. The largest absolute Gasteiger partial charge is 0.338 e. The molecule has 5 rings (SSSR count). The molecule has 0 radical (unpaired) electrons. The van der Waals surface area contributed by atoms with Crippen molar-refractivity contribution in [2.75, 3.05) is 32.4 Å². The van der Waals surface area contributed by atoms with Gasteiger partial charge in [0.25, 0.3) is 0 Å². The number of benzene rings is 2. The summed E-state index contributed by atoms with van der Waals surface area (Å²) in [5.41, 5.74) is 1.52. The Bertz CT molecular complexity index is 1300. The number of thiophene rings is 1. The number of amides is 2. The quantitative estimate of drug-likeness (QED) is 0.285. The molecule has 1 N–H and O–H groups in total. The van der Waals surface area contributed by atoms with E-state index in [1.807, 2.05) is 97.1 Å². The molecule has 3 aromatic rings. The second kappa shape index (κ2) is 12.7. The molecule has 2 aliphatic rings. The van der Waals surface area contributed by atoms with E-state index >= 15 is 0 Å². The SMILES string of the molecule is CSc1ccc(C(=O)C2C(c3ccccc3)C(C(=O)N3CCNCC3)N(C(=O)CC(C)C)C2c2cccs2)cc1. The lowest BCUT2D eigenvalue weighted by Gasteiger charge is -2.36. The number of nitrogens with zero attached hydrogens (tertiary/aromatic N) is 2. The molecule has 0 spiro atoms. The van der Waals surface area contributed by atoms with Crippen LogP contribution in [0, 0.1) is 11.8 Å². The van der Waals surface area contributed by atoms with Gasteiger partial charge in [0.15, 0.2) is 5.78 Å². The smallest absolute Gasteiger partial charge is 0.246 e. The molecule has 2 fully saturated rings. The number of nitrogens with one attached hydrogen (secondary N) is 1. The molecular weight excluding hydrogens is 539 g/mol. The van der Waals surface area contributed by atoms with Crippen LogP contribution >= 0.6 is 23.1 Å². The van der Waals surface area contributed by atoms with Crippen LogP contribution in [0.25, 0.3) is 0 Å². The van der Waals surface area contributed by atoms with Gasteiger partial charge in [-0.1, -0.05) is 62.4 Å². The Morgan fingerprint density at radius 3 is 2.27 bits per heavy atom. The molecule has 3 heterocycles. The van der Waals surface area contributed by atoms with Gasteiger partial charge in [0.05, 0.1) is 12.0 Å². The predicted molar refractivity (Wildman–Crippen MR) is 162 cm³/mol. The minimum atomic E-state index is -0.765. The zero-order valence-electron chi connectivity index (χ0n) is 23.3. The average Bonchev–Trinajstić information content (AvgIpc) is 3.63. The molecule has 40 heavy (non-hydrogen) atoms. The number of hydrogen-bond donors (Lipinski definition) is 1. The lowest BCUT2D eigenvalue weighted by molar-refractivity contribution is -0.146. The fourth-order valence-electron chi connectivity index (χ4n) is 6.11. The molecule has 2 saturated heterocycles. The summed E-state index contributed by atoms with van der Waals surface area (Å²) in [6, 6.07) is 20.2. The van der Waals surface area contributed by atoms with Crippen LogP contribution in [0.2, 0.25) is 0 Å². The van der Waals surface area contributed by atoms with Crippen molar-refractivity contribution in [3.63, 3.8) is 0 Å². The van der Waals surface area contributed by atoms with E-state index in [0.29, 0.717) is 38.2 Å². The molecule has 0 aliphatic carbocycles. The van der Waals surface area contributed by atoms with Gasteiger partial charge in [0, 0.05) is 53.9 Å². The molecule has 0 saturated carbocycles. The Morgan fingerprint density at radius 2 is 1.68 bits per heavy atom. The van der Waals surface area contributed by atoms with Gasteiger partial charge in [0.2, 0.25) is 11.8 Å². The first-order valence-electron chi connectivity index (χ1n) is 14.0. The summed E-state index contributed by atoms with van der Waals surface area (Å²) < 4.78 is 0. The standard InChI is InChI=1S/C32H37N3O3S2/c1-21(2)20-26(36)35-29(25-10-7-19-40-25)28(31(37)23-11-13-24(39-3)14-12-23)27(22-8-5-4-6-9-22)30(35)32(38)34-17-15-33-16-18-34/h4-14,19,21,27-30,33H,15-18,20H2,1-3H3.